The van der Waals surface area contributed by atoms with Crippen molar-refractivity contribution in [2.24, 2.45) is 9.98 Å². The quantitative estimate of drug-likeness (QED) is 0.432. The third-order valence-electron chi connectivity index (χ3n) is 0.502. The van der Waals surface area contributed by atoms with E-state index in [-0.39, 0.29) is 0 Å². The topological polar surface area (TPSA) is 36.8 Å². The Kier molecular flexibility index (Phi) is 5.67. The van der Waals surface area contributed by atoms with E-state index in [2.05, 4.69) is 27.8 Å². The van der Waals surface area contributed by atoms with Gasteiger partial charge >= 0.3 is 0 Å². The lowest BCUT2D eigenvalue weighted by atomic mass is 10.9. The molecule has 9 heavy (non-hydrogen) atoms. The van der Waals surface area contributed by atoms with Crippen molar-refractivity contribution in [1.29, 1.82) is 0 Å². The minimum absolute atomic E-state index is 1.39. The first kappa shape index (κ1) is 7.66. The maximum absolute atomic E-state index is 3.71. The molecule has 0 heterocycles. The number of nitrogens with zero attached hydrogens (tertiary/aromatic N) is 2. The second kappa shape index (κ2) is 6.66. The second-order valence-electron chi connectivity index (χ2n) is 1.14. The fraction of sp³-hybridized carbons (Fsp3) is 0.167. The fourth-order valence-corrected chi connectivity index (χ4v) is 0.231. The Bertz CT molecular complexity index is 152. The Morgan fingerprint density at radius 3 is 3.00 bits per heavy atom. The molecule has 0 saturated heterocycles. The SMILES string of the molecule is C=CN=C=C/N=C\NC. The van der Waals surface area contributed by atoms with Crippen LogP contribution in [0.1, 0.15) is 0 Å². The van der Waals surface area contributed by atoms with Gasteiger partial charge in [-0.05, 0) is 0 Å². The maximum Gasteiger partial charge on any atom is 0.0899 e. The molecule has 1 N–H and O–H groups in total. The van der Waals surface area contributed by atoms with Crippen molar-refractivity contribution in [2.75, 3.05) is 7.05 Å². The summed E-state index contributed by atoms with van der Waals surface area (Å²) >= 11 is 0. The van der Waals surface area contributed by atoms with Gasteiger partial charge in [0.2, 0.25) is 0 Å². The van der Waals surface area contributed by atoms with Crippen LogP contribution >= 0.6 is 0 Å². The number of hydrogen-bond acceptors (Lipinski definition) is 2. The van der Waals surface area contributed by atoms with Crippen molar-refractivity contribution in [3.05, 3.63) is 19.0 Å². The minimum atomic E-state index is 1.39. The highest BCUT2D eigenvalue weighted by molar-refractivity contribution is 5.60. The first-order valence-corrected chi connectivity index (χ1v) is 2.48. The molecule has 0 amide bonds. The molecule has 0 spiro atoms. The summed E-state index contributed by atoms with van der Waals surface area (Å²) in [4.78, 5) is 7.27. The summed E-state index contributed by atoms with van der Waals surface area (Å²) in [5, 5.41) is 2.71. The van der Waals surface area contributed by atoms with Crippen LogP contribution in [0.25, 0.3) is 0 Å². The molecular weight excluding hydrogens is 114 g/mol. The number of rotatable bonds is 3. The Morgan fingerprint density at radius 2 is 2.44 bits per heavy atom. The van der Waals surface area contributed by atoms with Crippen molar-refractivity contribution in [3.8, 4) is 0 Å². The minimum Gasteiger partial charge on any atom is -0.379 e. The average molecular weight is 123 g/mol. The number of hydrogen-bond donors (Lipinski definition) is 1. The van der Waals surface area contributed by atoms with Crippen LogP contribution in [0.2, 0.25) is 0 Å². The normalized spacial score (nSPS) is 8.11. The zero-order valence-electron chi connectivity index (χ0n) is 5.33. The number of aliphatic imine (C=N–C) groups is 2. The van der Waals surface area contributed by atoms with Gasteiger partial charge in [-0.2, -0.15) is 0 Å². The second-order valence-corrected chi connectivity index (χ2v) is 1.14. The molecule has 48 valence electrons. The van der Waals surface area contributed by atoms with Gasteiger partial charge in [-0.25, -0.2) is 9.98 Å². The van der Waals surface area contributed by atoms with E-state index in [9.17, 15) is 0 Å². The van der Waals surface area contributed by atoms with Gasteiger partial charge < -0.3 is 5.32 Å². The Morgan fingerprint density at radius 1 is 1.67 bits per heavy atom. The largest absolute Gasteiger partial charge is 0.379 e. The Labute approximate surface area is 54.5 Å². The van der Waals surface area contributed by atoms with Crippen LogP contribution in [0, 0.1) is 0 Å². The van der Waals surface area contributed by atoms with Crippen LogP contribution in [0.4, 0.5) is 0 Å². The third kappa shape index (κ3) is 6.66. The summed E-state index contributed by atoms with van der Waals surface area (Å²) in [6.07, 6.45) is 4.37. The van der Waals surface area contributed by atoms with Crippen LogP contribution < -0.4 is 5.32 Å². The molecule has 0 aliphatic heterocycles. The van der Waals surface area contributed by atoms with Crippen LogP contribution in [-0.4, -0.2) is 19.3 Å². The monoisotopic (exact) mass is 123 g/mol. The van der Waals surface area contributed by atoms with Crippen molar-refractivity contribution >= 4 is 12.2 Å². The molecule has 0 unspecified atom stereocenters. The van der Waals surface area contributed by atoms with Gasteiger partial charge in [0.1, 0.15) is 0 Å². The molecular formula is C6H9N3. The third-order valence-corrected chi connectivity index (χ3v) is 0.502. The Hall–Kier alpha value is -1.34. The molecule has 0 aromatic rings. The van der Waals surface area contributed by atoms with E-state index in [1.165, 1.54) is 18.7 Å². The van der Waals surface area contributed by atoms with Crippen LogP contribution in [-0.2, 0) is 0 Å². The van der Waals surface area contributed by atoms with Crippen molar-refractivity contribution < 1.29 is 0 Å². The van der Waals surface area contributed by atoms with Gasteiger partial charge in [0.05, 0.1) is 12.5 Å². The van der Waals surface area contributed by atoms with E-state index in [1.54, 1.807) is 7.05 Å². The van der Waals surface area contributed by atoms with Crippen molar-refractivity contribution in [2.45, 2.75) is 0 Å². The van der Waals surface area contributed by atoms with E-state index in [0.29, 0.717) is 0 Å². The standard InChI is InChI=1S/C6H9N3/c1-3-8-4-5-9-6-7-2/h3,5-6H,1H2,2H3,(H,7,9). The molecule has 0 bridgehead atoms. The smallest absolute Gasteiger partial charge is 0.0899 e. The van der Waals surface area contributed by atoms with Crippen molar-refractivity contribution in [3.63, 3.8) is 0 Å². The maximum atomic E-state index is 3.71. The average Bonchev–Trinajstić information content (AvgIpc) is 1.89. The molecule has 0 aromatic heterocycles. The van der Waals surface area contributed by atoms with Gasteiger partial charge in [-0.15, -0.1) is 0 Å². The van der Waals surface area contributed by atoms with Crippen LogP contribution in [0.3, 0.4) is 0 Å². The van der Waals surface area contributed by atoms with Gasteiger partial charge in [0.25, 0.3) is 0 Å². The van der Waals surface area contributed by atoms with Crippen LogP contribution in [0.5, 0.6) is 0 Å². The predicted molar refractivity (Wildman–Crippen MR) is 39.8 cm³/mol. The fourth-order valence-electron chi connectivity index (χ4n) is 0.231. The van der Waals surface area contributed by atoms with E-state index in [0.717, 1.165) is 0 Å². The molecule has 0 atom stereocenters. The summed E-state index contributed by atoms with van der Waals surface area (Å²) in [6, 6.07) is 0. The molecule has 0 aliphatic rings. The molecule has 0 radical (unpaired) electrons. The first-order chi connectivity index (χ1) is 4.41. The van der Waals surface area contributed by atoms with Gasteiger partial charge in [-0.3, -0.25) is 0 Å². The zero-order chi connectivity index (χ0) is 6.95. The van der Waals surface area contributed by atoms with Gasteiger partial charge in [0.15, 0.2) is 0 Å². The zero-order valence-corrected chi connectivity index (χ0v) is 5.33. The summed E-state index contributed by atoms with van der Waals surface area (Å²) in [7, 11) is 1.77. The predicted octanol–water partition coefficient (Wildman–Crippen LogP) is 0.561. The molecule has 0 fully saturated rings. The highest BCUT2D eigenvalue weighted by Gasteiger charge is 1.55. The molecule has 0 aliphatic carbocycles. The molecule has 0 aromatic carbocycles. The summed E-state index contributed by atoms with van der Waals surface area (Å²) in [5.74, 6) is 2.51. The highest BCUT2D eigenvalue weighted by atomic mass is 14.9. The van der Waals surface area contributed by atoms with Crippen molar-refractivity contribution in [1.82, 2.24) is 5.32 Å². The molecule has 0 saturated carbocycles. The lowest BCUT2D eigenvalue weighted by Crippen LogP contribution is -1.99. The lowest BCUT2D eigenvalue weighted by molar-refractivity contribution is 1.21. The lowest BCUT2D eigenvalue weighted by Gasteiger charge is -1.76. The van der Waals surface area contributed by atoms with Gasteiger partial charge in [0, 0.05) is 19.1 Å². The van der Waals surface area contributed by atoms with E-state index >= 15 is 0 Å². The van der Waals surface area contributed by atoms with E-state index in [4.69, 9.17) is 0 Å². The molecule has 3 nitrogen and oxygen atoms in total. The summed E-state index contributed by atoms with van der Waals surface area (Å²) in [5.41, 5.74) is 0. The molecule has 3 heteroatoms. The summed E-state index contributed by atoms with van der Waals surface area (Å²) < 4.78 is 0. The number of nitrogens with one attached hydrogen (secondary N) is 1. The van der Waals surface area contributed by atoms with Gasteiger partial charge in [-0.1, -0.05) is 6.58 Å². The first-order valence-electron chi connectivity index (χ1n) is 2.48. The Balaban J connectivity index is 3.58. The highest BCUT2D eigenvalue weighted by Crippen LogP contribution is 1.62. The van der Waals surface area contributed by atoms with E-state index < -0.39 is 0 Å². The van der Waals surface area contributed by atoms with E-state index in [1.807, 2.05) is 0 Å². The van der Waals surface area contributed by atoms with Crippen LogP contribution in [0.15, 0.2) is 29.0 Å². The summed E-state index contributed by atoms with van der Waals surface area (Å²) in [6.45, 7) is 3.36. The molecule has 0 rings (SSSR count).